The van der Waals surface area contributed by atoms with Gasteiger partial charge in [-0.15, -0.1) is 0 Å². The van der Waals surface area contributed by atoms with E-state index in [1.807, 2.05) is 55.5 Å². The van der Waals surface area contributed by atoms with E-state index < -0.39 is 0 Å². The number of carbonyl (C=O) groups excluding carboxylic acids is 1. The maximum Gasteiger partial charge on any atom is 0.253 e. The molecule has 3 aromatic rings. The van der Waals surface area contributed by atoms with Gasteiger partial charge >= 0.3 is 0 Å². The zero-order valence-electron chi connectivity index (χ0n) is 21.2. The van der Waals surface area contributed by atoms with Crippen LogP contribution in [0.3, 0.4) is 0 Å². The fraction of sp³-hybridized carbons (Fsp3) is 0.433. The molecule has 1 heterocycles. The average Bonchev–Trinajstić information content (AvgIpc) is 2.91. The van der Waals surface area contributed by atoms with Crippen LogP contribution in [0.4, 0.5) is 0 Å². The second-order valence-corrected chi connectivity index (χ2v) is 10.4. The van der Waals surface area contributed by atoms with Crippen molar-refractivity contribution >= 4 is 16.7 Å². The largest absolute Gasteiger partial charge is 0.497 e. The highest BCUT2D eigenvalue weighted by Crippen LogP contribution is 2.51. The van der Waals surface area contributed by atoms with Gasteiger partial charge in [-0.25, -0.2) is 0 Å². The second-order valence-electron chi connectivity index (χ2n) is 10.4. The van der Waals surface area contributed by atoms with Crippen LogP contribution in [0.2, 0.25) is 0 Å². The third kappa shape index (κ3) is 4.32. The van der Waals surface area contributed by atoms with E-state index in [4.69, 9.17) is 9.47 Å². The van der Waals surface area contributed by atoms with E-state index in [1.54, 1.807) is 7.11 Å². The first kappa shape index (κ1) is 23.8. The molecule has 4 atom stereocenters. The molecule has 2 aliphatic rings. The molecule has 0 N–H and O–H groups in total. The standard InChI is InChI=1S/C30H36N2O3/c1-31-15-14-30(24-10-7-11-26(17-24)34-3)19-25(18-28(35-4)27(30)20-31)32(2)29(33)23-13-12-21-8-5-6-9-22(21)16-23/h5-13,16-17,25,27-28H,14-15,18-20H2,1-4H3/t25-,27-,28?,30-/m0/s1. The molecule has 0 radical (unpaired) electrons. The van der Waals surface area contributed by atoms with Gasteiger partial charge in [-0.3, -0.25) is 4.79 Å². The first-order chi connectivity index (χ1) is 16.9. The highest BCUT2D eigenvalue weighted by molar-refractivity contribution is 5.98. The van der Waals surface area contributed by atoms with Crippen molar-refractivity contribution in [2.24, 2.45) is 5.92 Å². The maximum atomic E-state index is 13.7. The van der Waals surface area contributed by atoms with Gasteiger partial charge in [0.05, 0.1) is 13.2 Å². The number of methoxy groups -OCH3 is 2. The van der Waals surface area contributed by atoms with Gasteiger partial charge in [0.1, 0.15) is 5.75 Å². The van der Waals surface area contributed by atoms with E-state index in [1.165, 1.54) is 5.56 Å². The van der Waals surface area contributed by atoms with Crippen LogP contribution < -0.4 is 4.74 Å². The number of hydrogen-bond acceptors (Lipinski definition) is 4. The lowest BCUT2D eigenvalue weighted by atomic mass is 9.56. The lowest BCUT2D eigenvalue weighted by Crippen LogP contribution is -2.61. The normalized spacial score (nSPS) is 26.8. The Morgan fingerprint density at radius 3 is 2.60 bits per heavy atom. The number of benzene rings is 3. The van der Waals surface area contributed by atoms with Gasteiger partial charge in [-0.1, -0.05) is 42.5 Å². The van der Waals surface area contributed by atoms with Crippen molar-refractivity contribution in [3.05, 3.63) is 77.9 Å². The van der Waals surface area contributed by atoms with Crippen molar-refractivity contribution in [2.45, 2.75) is 36.8 Å². The van der Waals surface area contributed by atoms with Crippen LogP contribution in [-0.4, -0.2) is 69.3 Å². The summed E-state index contributed by atoms with van der Waals surface area (Å²) in [6, 6.07) is 22.8. The predicted octanol–water partition coefficient (Wildman–Crippen LogP) is 4.99. The van der Waals surface area contributed by atoms with Gasteiger partial charge in [-0.05, 0) is 73.5 Å². The number of rotatable bonds is 5. The minimum atomic E-state index is -0.0669. The van der Waals surface area contributed by atoms with E-state index >= 15 is 0 Å². The zero-order valence-corrected chi connectivity index (χ0v) is 21.2. The fourth-order valence-electron chi connectivity index (χ4n) is 6.50. The molecule has 0 aromatic heterocycles. The number of amides is 1. The Kier molecular flexibility index (Phi) is 6.56. The number of likely N-dealkylation sites (tertiary alicyclic amines) is 1. The molecule has 5 heteroatoms. The molecule has 1 aliphatic heterocycles. The third-order valence-electron chi connectivity index (χ3n) is 8.52. The minimum Gasteiger partial charge on any atom is -0.497 e. The molecule has 5 nitrogen and oxygen atoms in total. The first-order valence-electron chi connectivity index (χ1n) is 12.6. The number of nitrogens with zero attached hydrogens (tertiary/aromatic N) is 2. The van der Waals surface area contributed by atoms with E-state index in [0.717, 1.165) is 54.4 Å². The Labute approximate surface area is 208 Å². The lowest BCUT2D eigenvalue weighted by Gasteiger charge is -2.56. The molecule has 0 bridgehead atoms. The summed E-state index contributed by atoms with van der Waals surface area (Å²) in [5.41, 5.74) is 1.97. The molecular weight excluding hydrogens is 436 g/mol. The summed E-state index contributed by atoms with van der Waals surface area (Å²) in [5, 5.41) is 2.24. The Hall–Kier alpha value is -2.89. The van der Waals surface area contributed by atoms with Crippen LogP contribution >= 0.6 is 0 Å². The van der Waals surface area contributed by atoms with Gasteiger partial charge in [0.15, 0.2) is 0 Å². The number of hydrogen-bond donors (Lipinski definition) is 0. The molecule has 1 saturated heterocycles. The second kappa shape index (κ2) is 9.63. The van der Waals surface area contributed by atoms with Gasteiger partial charge in [0.25, 0.3) is 5.91 Å². The molecular formula is C30H36N2O3. The van der Waals surface area contributed by atoms with Crippen molar-refractivity contribution in [2.75, 3.05) is 41.4 Å². The molecule has 1 unspecified atom stereocenters. The average molecular weight is 473 g/mol. The molecule has 1 aliphatic carbocycles. The molecule has 184 valence electrons. The van der Waals surface area contributed by atoms with Crippen molar-refractivity contribution in [3.8, 4) is 5.75 Å². The lowest BCUT2D eigenvalue weighted by molar-refractivity contribution is -0.0751. The quantitative estimate of drug-likeness (QED) is 0.525. The van der Waals surface area contributed by atoms with E-state index in [9.17, 15) is 4.79 Å². The Morgan fingerprint density at radius 2 is 1.83 bits per heavy atom. The summed E-state index contributed by atoms with van der Waals surface area (Å²) in [6.45, 7) is 2.02. The molecule has 5 rings (SSSR count). The third-order valence-corrected chi connectivity index (χ3v) is 8.52. The summed E-state index contributed by atoms with van der Waals surface area (Å²) in [4.78, 5) is 18.1. The van der Waals surface area contributed by atoms with E-state index in [2.05, 4.69) is 42.3 Å². The van der Waals surface area contributed by atoms with Crippen molar-refractivity contribution in [1.29, 1.82) is 0 Å². The van der Waals surface area contributed by atoms with Crippen molar-refractivity contribution < 1.29 is 14.3 Å². The minimum absolute atomic E-state index is 0.0669. The summed E-state index contributed by atoms with van der Waals surface area (Å²) in [6.07, 6.45) is 2.88. The van der Waals surface area contributed by atoms with Crippen LogP contribution in [0.5, 0.6) is 5.75 Å². The van der Waals surface area contributed by atoms with Crippen LogP contribution in [0.1, 0.15) is 35.2 Å². The molecule has 1 amide bonds. The topological polar surface area (TPSA) is 42.0 Å². The summed E-state index contributed by atoms with van der Waals surface area (Å²) < 4.78 is 11.7. The zero-order chi connectivity index (χ0) is 24.6. The van der Waals surface area contributed by atoms with Crippen molar-refractivity contribution in [3.63, 3.8) is 0 Å². The van der Waals surface area contributed by atoms with Gasteiger partial charge in [-0.2, -0.15) is 0 Å². The van der Waals surface area contributed by atoms with Crippen LogP contribution in [0.25, 0.3) is 10.8 Å². The van der Waals surface area contributed by atoms with Gasteiger partial charge in [0, 0.05) is 43.6 Å². The molecule has 0 spiro atoms. The predicted molar refractivity (Wildman–Crippen MR) is 140 cm³/mol. The number of carbonyl (C=O) groups is 1. The highest BCUT2D eigenvalue weighted by atomic mass is 16.5. The van der Waals surface area contributed by atoms with E-state index in [0.29, 0.717) is 5.92 Å². The number of ether oxygens (including phenoxy) is 2. The molecule has 35 heavy (non-hydrogen) atoms. The Morgan fingerprint density at radius 1 is 1.03 bits per heavy atom. The van der Waals surface area contributed by atoms with E-state index in [-0.39, 0.29) is 23.5 Å². The van der Waals surface area contributed by atoms with Crippen LogP contribution in [0.15, 0.2) is 66.7 Å². The number of piperidine rings is 1. The summed E-state index contributed by atoms with van der Waals surface area (Å²) in [5.74, 6) is 1.31. The summed E-state index contributed by atoms with van der Waals surface area (Å²) >= 11 is 0. The smallest absolute Gasteiger partial charge is 0.253 e. The fourth-order valence-corrected chi connectivity index (χ4v) is 6.50. The van der Waals surface area contributed by atoms with Crippen LogP contribution in [0, 0.1) is 5.92 Å². The first-order valence-corrected chi connectivity index (χ1v) is 12.6. The van der Waals surface area contributed by atoms with Gasteiger partial charge < -0.3 is 19.3 Å². The Bertz CT molecular complexity index is 1210. The SMILES string of the molecule is COc1cccc([C@@]23CCN(C)C[C@H]2C(OC)C[C@H](N(C)C(=O)c2ccc4ccccc4c2)C3)c1. The molecule has 2 fully saturated rings. The van der Waals surface area contributed by atoms with Gasteiger partial charge in [0.2, 0.25) is 0 Å². The monoisotopic (exact) mass is 472 g/mol. The van der Waals surface area contributed by atoms with Crippen LogP contribution in [-0.2, 0) is 10.2 Å². The summed E-state index contributed by atoms with van der Waals surface area (Å²) in [7, 11) is 7.71. The molecule has 3 aromatic carbocycles. The highest BCUT2D eigenvalue weighted by Gasteiger charge is 2.53. The van der Waals surface area contributed by atoms with Crippen molar-refractivity contribution in [1.82, 2.24) is 9.80 Å². The maximum absolute atomic E-state index is 13.7. The Balaban J connectivity index is 1.50. The number of fused-ring (bicyclic) bond motifs is 2. The molecule has 1 saturated carbocycles.